The van der Waals surface area contributed by atoms with Gasteiger partial charge in [-0.2, -0.15) is 0 Å². The molecule has 0 amide bonds. The van der Waals surface area contributed by atoms with Crippen molar-refractivity contribution in [1.82, 2.24) is 0 Å². The van der Waals surface area contributed by atoms with Crippen LogP contribution in [0.15, 0.2) is 18.2 Å². The van der Waals surface area contributed by atoms with Crippen molar-refractivity contribution in [3.05, 3.63) is 29.6 Å². The van der Waals surface area contributed by atoms with Gasteiger partial charge < -0.3 is 4.74 Å². The van der Waals surface area contributed by atoms with Gasteiger partial charge in [0, 0.05) is 12.3 Å². The number of rotatable bonds is 3. The van der Waals surface area contributed by atoms with Crippen molar-refractivity contribution in [2.45, 2.75) is 18.9 Å². The molecule has 1 heterocycles. The van der Waals surface area contributed by atoms with Crippen LogP contribution in [0.1, 0.15) is 18.4 Å². The Balaban J connectivity index is 2.17. The summed E-state index contributed by atoms with van der Waals surface area (Å²) in [7, 11) is -3.01. The summed E-state index contributed by atoms with van der Waals surface area (Å²) in [5.74, 6) is 6.15. The molecule has 1 unspecified atom stereocenters. The van der Waals surface area contributed by atoms with Crippen molar-refractivity contribution in [2.75, 3.05) is 17.4 Å². The fourth-order valence-corrected chi connectivity index (χ4v) is 3.63. The highest BCUT2D eigenvalue weighted by Gasteiger charge is 2.29. The number of hydrogen-bond donors (Lipinski definition) is 0. The zero-order valence-corrected chi connectivity index (χ0v) is 12.3. The fourth-order valence-electron chi connectivity index (χ4n) is 1.94. The first-order valence-corrected chi connectivity index (χ1v) is 8.57. The molecule has 1 aliphatic rings. The Hall–Kier alpha value is -1.25. The summed E-state index contributed by atoms with van der Waals surface area (Å²) in [6.07, 6.45) is 0.558. The molecule has 1 saturated heterocycles. The summed E-state index contributed by atoms with van der Waals surface area (Å²) in [5.41, 5.74) is 0.416. The Morgan fingerprint density at radius 2 is 2.25 bits per heavy atom. The van der Waals surface area contributed by atoms with E-state index in [1.54, 1.807) is 0 Å². The topological polar surface area (TPSA) is 43.4 Å². The van der Waals surface area contributed by atoms with Crippen molar-refractivity contribution in [3.8, 4) is 17.6 Å². The Morgan fingerprint density at radius 3 is 2.90 bits per heavy atom. The third-order valence-electron chi connectivity index (χ3n) is 2.87. The van der Waals surface area contributed by atoms with Crippen molar-refractivity contribution in [3.63, 3.8) is 0 Å². The summed E-state index contributed by atoms with van der Waals surface area (Å²) in [4.78, 5) is 0. The molecule has 1 aromatic carbocycles. The van der Waals surface area contributed by atoms with Crippen LogP contribution in [0.2, 0.25) is 0 Å². The van der Waals surface area contributed by atoms with Gasteiger partial charge in [0.25, 0.3) is 0 Å². The second-order valence-corrected chi connectivity index (χ2v) is 7.13. The van der Waals surface area contributed by atoms with Gasteiger partial charge in [0.1, 0.15) is 17.7 Å². The Bertz CT molecular complexity index is 646. The third kappa shape index (κ3) is 4.12. The van der Waals surface area contributed by atoms with Crippen molar-refractivity contribution in [2.24, 2.45) is 0 Å². The highest BCUT2D eigenvalue weighted by Crippen LogP contribution is 2.24. The molecule has 1 aliphatic heterocycles. The van der Waals surface area contributed by atoms with Gasteiger partial charge in [0.05, 0.1) is 17.1 Å². The maximum absolute atomic E-state index is 13.2. The molecule has 0 radical (unpaired) electrons. The van der Waals surface area contributed by atoms with Crippen LogP contribution in [-0.2, 0) is 9.84 Å². The predicted molar refractivity (Wildman–Crippen MR) is 76.3 cm³/mol. The van der Waals surface area contributed by atoms with Crippen LogP contribution in [0.4, 0.5) is 4.39 Å². The zero-order chi connectivity index (χ0) is 14.6. The third-order valence-corrected chi connectivity index (χ3v) is 4.79. The first-order chi connectivity index (χ1) is 9.50. The molecule has 0 aliphatic carbocycles. The van der Waals surface area contributed by atoms with E-state index in [9.17, 15) is 12.8 Å². The molecule has 0 aromatic heterocycles. The number of benzene rings is 1. The molecule has 0 bridgehead atoms. The summed E-state index contributed by atoms with van der Waals surface area (Å²) < 4.78 is 41.7. The highest BCUT2D eigenvalue weighted by atomic mass is 35.5. The quantitative estimate of drug-likeness (QED) is 0.635. The first-order valence-electron chi connectivity index (χ1n) is 6.21. The van der Waals surface area contributed by atoms with Crippen LogP contribution in [0.25, 0.3) is 0 Å². The van der Waals surface area contributed by atoms with E-state index in [0.29, 0.717) is 30.0 Å². The normalized spacial score (nSPS) is 20.2. The minimum absolute atomic E-state index is 0.00107. The van der Waals surface area contributed by atoms with Gasteiger partial charge in [0.15, 0.2) is 9.84 Å². The number of halogens is 2. The lowest BCUT2D eigenvalue weighted by Crippen LogP contribution is -2.18. The molecule has 0 saturated carbocycles. The number of ether oxygens (including phenoxy) is 1. The number of hydrogen-bond acceptors (Lipinski definition) is 3. The molecule has 3 nitrogen and oxygen atoms in total. The van der Waals surface area contributed by atoms with E-state index in [0.717, 1.165) is 0 Å². The Kier molecular flexibility index (Phi) is 4.90. The van der Waals surface area contributed by atoms with E-state index in [1.807, 2.05) is 0 Å². The first kappa shape index (κ1) is 15.1. The van der Waals surface area contributed by atoms with Crippen molar-refractivity contribution >= 4 is 21.4 Å². The fraction of sp³-hybridized carbons (Fsp3) is 0.429. The minimum atomic E-state index is -3.01. The standard InChI is InChI=1S/C14H14ClFO3S/c15-7-2-1-3-11-9-12(16)4-5-14(11)19-13-6-8-20(17,18)10-13/h4-5,9,13H,2,6-8,10H2. The molecule has 0 N–H and O–H groups in total. The molecule has 2 rings (SSSR count). The lowest BCUT2D eigenvalue weighted by molar-refractivity contribution is 0.228. The van der Waals surface area contributed by atoms with E-state index >= 15 is 0 Å². The molecule has 1 atom stereocenters. The second kappa shape index (κ2) is 6.47. The number of alkyl halides is 1. The van der Waals surface area contributed by atoms with Gasteiger partial charge in [-0.3, -0.25) is 0 Å². The van der Waals surface area contributed by atoms with E-state index in [4.69, 9.17) is 16.3 Å². The van der Waals surface area contributed by atoms with Crippen LogP contribution in [0.5, 0.6) is 5.75 Å². The van der Waals surface area contributed by atoms with Crippen LogP contribution < -0.4 is 4.74 Å². The molecular formula is C14H14ClFO3S. The second-order valence-electron chi connectivity index (χ2n) is 4.52. The van der Waals surface area contributed by atoms with Crippen molar-refractivity contribution < 1.29 is 17.5 Å². The van der Waals surface area contributed by atoms with Crippen LogP contribution in [0, 0.1) is 17.7 Å². The molecular weight excluding hydrogens is 303 g/mol. The largest absolute Gasteiger partial charge is 0.488 e. The van der Waals surface area contributed by atoms with Gasteiger partial charge in [-0.25, -0.2) is 12.8 Å². The summed E-state index contributed by atoms with van der Waals surface area (Å²) in [6, 6.07) is 4.02. The number of sulfone groups is 1. The minimum Gasteiger partial charge on any atom is -0.488 e. The van der Waals surface area contributed by atoms with Crippen LogP contribution >= 0.6 is 11.6 Å². The van der Waals surface area contributed by atoms with Crippen molar-refractivity contribution in [1.29, 1.82) is 0 Å². The Labute approximate surface area is 123 Å². The van der Waals surface area contributed by atoms with E-state index < -0.39 is 15.7 Å². The lowest BCUT2D eigenvalue weighted by Gasteiger charge is -2.13. The van der Waals surface area contributed by atoms with Crippen LogP contribution in [0.3, 0.4) is 0 Å². The SMILES string of the molecule is O=S1(=O)CCC(Oc2ccc(F)cc2C#CCCCl)C1. The summed E-state index contributed by atoms with van der Waals surface area (Å²) >= 11 is 5.53. The molecule has 1 aromatic rings. The average Bonchev–Trinajstić information content (AvgIpc) is 2.72. The molecule has 6 heteroatoms. The van der Waals surface area contributed by atoms with E-state index in [2.05, 4.69) is 11.8 Å². The van der Waals surface area contributed by atoms with Crippen LogP contribution in [-0.4, -0.2) is 31.9 Å². The maximum Gasteiger partial charge on any atom is 0.154 e. The van der Waals surface area contributed by atoms with Gasteiger partial charge in [-0.1, -0.05) is 11.8 Å². The smallest absolute Gasteiger partial charge is 0.154 e. The average molecular weight is 317 g/mol. The van der Waals surface area contributed by atoms with Gasteiger partial charge in [-0.05, 0) is 24.6 Å². The monoisotopic (exact) mass is 316 g/mol. The lowest BCUT2D eigenvalue weighted by atomic mass is 10.2. The van der Waals surface area contributed by atoms with E-state index in [-0.39, 0.29) is 17.6 Å². The van der Waals surface area contributed by atoms with Gasteiger partial charge in [-0.15, -0.1) is 11.6 Å². The summed E-state index contributed by atoms with van der Waals surface area (Å²) in [6.45, 7) is 0. The summed E-state index contributed by atoms with van der Waals surface area (Å²) in [5, 5.41) is 0. The molecule has 108 valence electrons. The van der Waals surface area contributed by atoms with E-state index in [1.165, 1.54) is 18.2 Å². The molecule has 20 heavy (non-hydrogen) atoms. The predicted octanol–water partition coefficient (Wildman–Crippen LogP) is 2.37. The van der Waals surface area contributed by atoms with Gasteiger partial charge >= 0.3 is 0 Å². The molecule has 0 spiro atoms. The molecule has 1 fully saturated rings. The maximum atomic E-state index is 13.2. The zero-order valence-electron chi connectivity index (χ0n) is 10.7. The highest BCUT2D eigenvalue weighted by molar-refractivity contribution is 7.91. The van der Waals surface area contributed by atoms with Gasteiger partial charge in [0.2, 0.25) is 0 Å². The Morgan fingerprint density at radius 1 is 1.45 bits per heavy atom.